The van der Waals surface area contributed by atoms with E-state index in [2.05, 4.69) is 5.32 Å². The van der Waals surface area contributed by atoms with E-state index in [1.54, 1.807) is 25.1 Å². The average Bonchev–Trinajstić information content (AvgIpc) is 3.05. The molecule has 2 aromatic rings. The summed E-state index contributed by atoms with van der Waals surface area (Å²) in [5.74, 6) is 0.644. The number of halogens is 1. The van der Waals surface area contributed by atoms with Crippen LogP contribution in [0.15, 0.2) is 48.5 Å². The predicted octanol–water partition coefficient (Wildman–Crippen LogP) is 3.79. The Labute approximate surface area is 135 Å². The molecule has 2 atom stereocenters. The molecule has 1 fully saturated rings. The molecule has 0 radical (unpaired) electrons. The number of hydrogen-bond acceptors (Lipinski definition) is 3. The van der Waals surface area contributed by atoms with Crippen LogP contribution in [0.4, 0.5) is 4.39 Å². The Kier molecular flexibility index (Phi) is 4.72. The van der Waals surface area contributed by atoms with Gasteiger partial charge in [0.25, 0.3) is 0 Å². The molecule has 1 saturated heterocycles. The van der Waals surface area contributed by atoms with Crippen LogP contribution in [0.5, 0.6) is 5.75 Å². The minimum Gasteiger partial charge on any atom is -0.489 e. The summed E-state index contributed by atoms with van der Waals surface area (Å²) >= 11 is 0. The highest BCUT2D eigenvalue weighted by atomic mass is 19.1. The second-order valence-electron chi connectivity index (χ2n) is 5.91. The number of hydrogen-bond donors (Lipinski definition) is 1. The molecule has 0 spiro atoms. The van der Waals surface area contributed by atoms with Gasteiger partial charge in [0.05, 0.1) is 6.04 Å². The lowest BCUT2D eigenvalue weighted by atomic mass is 10.1. The molecular weight excluding hydrogens is 293 g/mol. The molecule has 4 heteroatoms. The Morgan fingerprint density at radius 3 is 2.57 bits per heavy atom. The maximum absolute atomic E-state index is 13.5. The van der Waals surface area contributed by atoms with E-state index in [1.165, 1.54) is 6.07 Å². The van der Waals surface area contributed by atoms with Gasteiger partial charge in [0.1, 0.15) is 24.0 Å². The second-order valence-corrected chi connectivity index (χ2v) is 5.91. The van der Waals surface area contributed by atoms with Crippen LogP contribution in [-0.4, -0.2) is 11.8 Å². The van der Waals surface area contributed by atoms with Crippen LogP contribution in [-0.2, 0) is 11.4 Å². The van der Waals surface area contributed by atoms with Crippen LogP contribution in [0.2, 0.25) is 0 Å². The number of rotatable bonds is 5. The van der Waals surface area contributed by atoms with Gasteiger partial charge in [0.15, 0.2) is 0 Å². The van der Waals surface area contributed by atoms with Crippen LogP contribution in [0, 0.1) is 5.82 Å². The highest BCUT2D eigenvalue weighted by Crippen LogP contribution is 2.28. The van der Waals surface area contributed by atoms with Gasteiger partial charge in [-0.1, -0.05) is 30.3 Å². The first-order chi connectivity index (χ1) is 11.1. The van der Waals surface area contributed by atoms with E-state index in [1.807, 2.05) is 24.3 Å². The van der Waals surface area contributed by atoms with E-state index in [4.69, 9.17) is 4.74 Å². The number of Topliss-reactive ketones (excluding diaryl/α,β-unsaturated/α-hetero) is 1. The second kappa shape index (κ2) is 6.92. The van der Waals surface area contributed by atoms with Gasteiger partial charge >= 0.3 is 0 Å². The monoisotopic (exact) mass is 313 g/mol. The van der Waals surface area contributed by atoms with Gasteiger partial charge in [0, 0.05) is 11.6 Å². The first-order valence-electron chi connectivity index (χ1n) is 7.86. The van der Waals surface area contributed by atoms with E-state index < -0.39 is 0 Å². The molecule has 0 aliphatic carbocycles. The zero-order chi connectivity index (χ0) is 16.2. The molecule has 3 nitrogen and oxygen atoms in total. The Balaban J connectivity index is 1.59. The summed E-state index contributed by atoms with van der Waals surface area (Å²) in [6, 6.07) is 14.6. The van der Waals surface area contributed by atoms with Crippen LogP contribution in [0.3, 0.4) is 0 Å². The summed E-state index contributed by atoms with van der Waals surface area (Å²) in [5, 5.41) is 3.35. The molecule has 1 heterocycles. The third kappa shape index (κ3) is 3.77. The quantitative estimate of drug-likeness (QED) is 0.913. The molecule has 120 valence electrons. The Morgan fingerprint density at radius 2 is 1.91 bits per heavy atom. The van der Waals surface area contributed by atoms with Gasteiger partial charge in [-0.15, -0.1) is 0 Å². The fourth-order valence-corrected chi connectivity index (χ4v) is 2.90. The highest BCUT2D eigenvalue weighted by molar-refractivity contribution is 5.81. The van der Waals surface area contributed by atoms with E-state index in [0.717, 1.165) is 18.4 Å². The Bertz CT molecular complexity index is 684. The van der Waals surface area contributed by atoms with Gasteiger partial charge in [-0.3, -0.25) is 4.79 Å². The minimum atomic E-state index is -0.255. The summed E-state index contributed by atoms with van der Waals surface area (Å²) < 4.78 is 19.2. The zero-order valence-electron chi connectivity index (χ0n) is 13.1. The predicted molar refractivity (Wildman–Crippen MR) is 86.8 cm³/mol. The maximum Gasteiger partial charge on any atom is 0.146 e. The summed E-state index contributed by atoms with van der Waals surface area (Å²) in [7, 11) is 0. The van der Waals surface area contributed by atoms with E-state index >= 15 is 0 Å². The number of carbonyl (C=O) groups is 1. The lowest BCUT2D eigenvalue weighted by molar-refractivity contribution is -0.118. The maximum atomic E-state index is 13.5. The Hall–Kier alpha value is -2.20. The Morgan fingerprint density at radius 1 is 1.17 bits per heavy atom. The smallest absolute Gasteiger partial charge is 0.146 e. The minimum absolute atomic E-state index is 0.0306. The third-order valence-corrected chi connectivity index (χ3v) is 4.27. The molecule has 1 aliphatic heterocycles. The SMILES string of the molecule is CC(=O)[C@@H]1CC[C@H](c2ccc(OCc3ccccc3F)cc2)N1. The molecule has 1 N–H and O–H groups in total. The van der Waals surface area contributed by atoms with Crippen LogP contribution in [0.1, 0.15) is 36.9 Å². The molecule has 0 aromatic heterocycles. The molecule has 0 amide bonds. The van der Waals surface area contributed by atoms with Crippen molar-refractivity contribution in [3.63, 3.8) is 0 Å². The van der Waals surface area contributed by atoms with Crippen LogP contribution in [0.25, 0.3) is 0 Å². The van der Waals surface area contributed by atoms with Crippen molar-refractivity contribution >= 4 is 5.78 Å². The highest BCUT2D eigenvalue weighted by Gasteiger charge is 2.27. The third-order valence-electron chi connectivity index (χ3n) is 4.27. The summed E-state index contributed by atoms with van der Waals surface area (Å²) in [6.07, 6.45) is 1.84. The average molecular weight is 313 g/mol. The summed E-state index contributed by atoms with van der Waals surface area (Å²) in [6.45, 7) is 1.83. The number of nitrogens with one attached hydrogen (secondary N) is 1. The van der Waals surface area contributed by atoms with Gasteiger partial charge in [-0.05, 0) is 43.5 Å². The largest absolute Gasteiger partial charge is 0.489 e. The zero-order valence-corrected chi connectivity index (χ0v) is 13.1. The van der Waals surface area contributed by atoms with Crippen molar-refractivity contribution in [2.75, 3.05) is 0 Å². The molecule has 2 aromatic carbocycles. The van der Waals surface area contributed by atoms with Gasteiger partial charge in [0.2, 0.25) is 0 Å². The van der Waals surface area contributed by atoms with Crippen molar-refractivity contribution in [3.05, 3.63) is 65.5 Å². The van der Waals surface area contributed by atoms with Crippen LogP contribution < -0.4 is 10.1 Å². The van der Waals surface area contributed by atoms with Crippen molar-refractivity contribution in [3.8, 4) is 5.75 Å². The lowest BCUT2D eigenvalue weighted by Gasteiger charge is -2.14. The number of carbonyl (C=O) groups excluding carboxylic acids is 1. The lowest BCUT2D eigenvalue weighted by Crippen LogP contribution is -2.30. The number of ether oxygens (including phenoxy) is 1. The molecule has 0 saturated carbocycles. The van der Waals surface area contributed by atoms with Crippen molar-refractivity contribution < 1.29 is 13.9 Å². The fraction of sp³-hybridized carbons (Fsp3) is 0.316. The van der Waals surface area contributed by atoms with E-state index in [9.17, 15) is 9.18 Å². The van der Waals surface area contributed by atoms with Gasteiger partial charge in [-0.2, -0.15) is 0 Å². The van der Waals surface area contributed by atoms with Crippen LogP contribution >= 0.6 is 0 Å². The molecule has 0 unspecified atom stereocenters. The van der Waals surface area contributed by atoms with Gasteiger partial charge < -0.3 is 10.1 Å². The summed E-state index contributed by atoms with van der Waals surface area (Å²) in [4.78, 5) is 11.4. The normalized spacial score (nSPS) is 20.4. The molecule has 0 bridgehead atoms. The first-order valence-corrected chi connectivity index (χ1v) is 7.86. The van der Waals surface area contributed by atoms with E-state index in [-0.39, 0.29) is 30.3 Å². The fourth-order valence-electron chi connectivity index (χ4n) is 2.90. The molecule has 23 heavy (non-hydrogen) atoms. The summed E-state index contributed by atoms with van der Waals surface area (Å²) in [5.41, 5.74) is 1.69. The molecular formula is C19H20FNO2. The standard InChI is InChI=1S/C19H20FNO2/c1-13(22)18-10-11-19(21-18)14-6-8-16(9-7-14)23-12-15-4-2-3-5-17(15)20/h2-9,18-19,21H,10-12H2,1H3/t18-,19+/m0/s1. The molecule has 3 rings (SSSR count). The van der Waals surface area contributed by atoms with Crippen molar-refractivity contribution in [1.29, 1.82) is 0 Å². The van der Waals surface area contributed by atoms with Crippen molar-refractivity contribution in [2.24, 2.45) is 0 Å². The van der Waals surface area contributed by atoms with Crippen molar-refractivity contribution in [1.82, 2.24) is 5.32 Å². The van der Waals surface area contributed by atoms with Gasteiger partial charge in [-0.25, -0.2) is 4.39 Å². The number of benzene rings is 2. The van der Waals surface area contributed by atoms with E-state index in [0.29, 0.717) is 11.3 Å². The number of ketones is 1. The topological polar surface area (TPSA) is 38.3 Å². The first kappa shape index (κ1) is 15.7. The molecule has 1 aliphatic rings. The van der Waals surface area contributed by atoms with Crippen molar-refractivity contribution in [2.45, 2.75) is 38.5 Å².